The molecule has 2 aromatic carbocycles. The molecule has 1 aliphatic rings. The standard InChI is InChI=1S/C26H34N2O5/c1-19(20-10-12-21(13-11-20)23(29)31-4)28-24(30)26(14-16-33-25(2,3)18-26)27-15-17-32-22-8-6-5-7-9-22/h5-13,19,27H,14-18H2,1-4H3,(H,28,30). The first-order valence-electron chi connectivity index (χ1n) is 11.3. The lowest BCUT2D eigenvalue weighted by molar-refractivity contribution is -0.142. The van der Waals surface area contributed by atoms with Crippen LogP contribution in [0.3, 0.4) is 0 Å². The zero-order valence-corrected chi connectivity index (χ0v) is 19.9. The van der Waals surface area contributed by atoms with Crippen LogP contribution < -0.4 is 15.4 Å². The zero-order valence-electron chi connectivity index (χ0n) is 19.9. The molecule has 0 aromatic heterocycles. The van der Waals surface area contributed by atoms with Crippen LogP contribution in [0.25, 0.3) is 0 Å². The SMILES string of the molecule is COC(=O)c1ccc(C(C)NC(=O)C2(NCCOc3ccccc3)CCOC(C)(C)C2)cc1. The molecule has 1 amide bonds. The number of hydrogen-bond donors (Lipinski definition) is 2. The molecule has 3 rings (SSSR count). The Balaban J connectivity index is 1.66. The van der Waals surface area contributed by atoms with E-state index in [1.54, 1.807) is 12.1 Å². The van der Waals surface area contributed by atoms with Crippen LogP contribution >= 0.6 is 0 Å². The molecule has 2 atom stereocenters. The Morgan fingerprint density at radius 3 is 2.42 bits per heavy atom. The third-order valence-corrected chi connectivity index (χ3v) is 5.94. The minimum Gasteiger partial charge on any atom is -0.492 e. The van der Waals surface area contributed by atoms with Crippen molar-refractivity contribution in [1.82, 2.24) is 10.6 Å². The van der Waals surface area contributed by atoms with Gasteiger partial charge in [-0.05, 0) is 57.0 Å². The van der Waals surface area contributed by atoms with Crippen molar-refractivity contribution in [3.05, 3.63) is 65.7 Å². The Hall–Kier alpha value is -2.90. The number of benzene rings is 2. The number of amides is 1. The number of hydrogen-bond acceptors (Lipinski definition) is 6. The van der Waals surface area contributed by atoms with E-state index in [1.807, 2.05) is 63.2 Å². The average Bonchev–Trinajstić information content (AvgIpc) is 2.81. The molecule has 2 N–H and O–H groups in total. The van der Waals surface area contributed by atoms with Crippen molar-refractivity contribution in [1.29, 1.82) is 0 Å². The van der Waals surface area contributed by atoms with Gasteiger partial charge < -0.3 is 19.5 Å². The van der Waals surface area contributed by atoms with Gasteiger partial charge in [-0.2, -0.15) is 0 Å². The van der Waals surface area contributed by atoms with E-state index in [1.165, 1.54) is 7.11 Å². The normalized spacial score (nSPS) is 20.5. The van der Waals surface area contributed by atoms with Gasteiger partial charge in [0.2, 0.25) is 5.91 Å². The van der Waals surface area contributed by atoms with E-state index in [4.69, 9.17) is 14.2 Å². The van der Waals surface area contributed by atoms with Crippen LogP contribution in [0.15, 0.2) is 54.6 Å². The fourth-order valence-electron chi connectivity index (χ4n) is 4.21. The van der Waals surface area contributed by atoms with Gasteiger partial charge in [-0.3, -0.25) is 10.1 Å². The molecule has 1 heterocycles. The fourth-order valence-corrected chi connectivity index (χ4v) is 4.21. The van der Waals surface area contributed by atoms with Crippen molar-refractivity contribution in [2.24, 2.45) is 0 Å². The maximum absolute atomic E-state index is 13.5. The van der Waals surface area contributed by atoms with Gasteiger partial charge in [0.25, 0.3) is 0 Å². The number of ether oxygens (including phenoxy) is 3. The highest BCUT2D eigenvalue weighted by atomic mass is 16.5. The Kier molecular flexibility index (Phi) is 8.10. The molecule has 0 bridgehead atoms. The molecule has 2 unspecified atom stereocenters. The van der Waals surface area contributed by atoms with E-state index in [0.29, 0.717) is 38.2 Å². The van der Waals surface area contributed by atoms with Crippen LogP contribution in [0, 0.1) is 0 Å². The lowest BCUT2D eigenvalue weighted by Crippen LogP contribution is -2.63. The second-order valence-corrected chi connectivity index (χ2v) is 9.01. The fraction of sp³-hybridized carbons (Fsp3) is 0.462. The van der Waals surface area contributed by atoms with Crippen molar-refractivity contribution in [2.75, 3.05) is 26.9 Å². The molecule has 2 aromatic rings. The summed E-state index contributed by atoms with van der Waals surface area (Å²) in [6, 6.07) is 16.5. The molecule has 0 radical (unpaired) electrons. The molecule has 7 heteroatoms. The summed E-state index contributed by atoms with van der Waals surface area (Å²) in [5.41, 5.74) is 0.198. The molecule has 33 heavy (non-hydrogen) atoms. The third kappa shape index (κ3) is 6.55. The summed E-state index contributed by atoms with van der Waals surface area (Å²) in [7, 11) is 1.35. The quantitative estimate of drug-likeness (QED) is 0.444. The number of para-hydroxylation sites is 1. The Bertz CT molecular complexity index is 929. The molecule has 0 aliphatic carbocycles. The number of rotatable bonds is 9. The van der Waals surface area contributed by atoms with Crippen LogP contribution in [0.1, 0.15) is 55.6 Å². The van der Waals surface area contributed by atoms with Gasteiger partial charge in [0, 0.05) is 19.6 Å². The first-order chi connectivity index (χ1) is 15.7. The second kappa shape index (κ2) is 10.8. The van der Waals surface area contributed by atoms with Crippen LogP contribution in [0.4, 0.5) is 0 Å². The summed E-state index contributed by atoms with van der Waals surface area (Å²) in [4.78, 5) is 25.2. The van der Waals surface area contributed by atoms with Gasteiger partial charge in [0.15, 0.2) is 0 Å². The number of esters is 1. The van der Waals surface area contributed by atoms with Gasteiger partial charge in [-0.1, -0.05) is 30.3 Å². The summed E-state index contributed by atoms with van der Waals surface area (Å²) in [5, 5.41) is 6.62. The highest BCUT2D eigenvalue weighted by Crippen LogP contribution is 2.33. The van der Waals surface area contributed by atoms with Crippen molar-refractivity contribution in [3.63, 3.8) is 0 Å². The van der Waals surface area contributed by atoms with Crippen molar-refractivity contribution >= 4 is 11.9 Å². The summed E-state index contributed by atoms with van der Waals surface area (Å²) in [6.07, 6.45) is 1.12. The number of nitrogens with one attached hydrogen (secondary N) is 2. The molecular weight excluding hydrogens is 420 g/mol. The minimum atomic E-state index is -0.762. The summed E-state index contributed by atoms with van der Waals surface area (Å²) in [6.45, 7) is 7.42. The molecule has 7 nitrogen and oxygen atoms in total. The van der Waals surface area contributed by atoms with Crippen LogP contribution in [-0.2, 0) is 14.3 Å². The zero-order chi connectivity index (χ0) is 23.9. The maximum Gasteiger partial charge on any atom is 0.337 e. The van der Waals surface area contributed by atoms with Crippen molar-refractivity contribution in [3.8, 4) is 5.75 Å². The van der Waals surface area contributed by atoms with Crippen LogP contribution in [0.5, 0.6) is 5.75 Å². The lowest BCUT2D eigenvalue weighted by Gasteiger charge is -2.44. The molecule has 1 aliphatic heterocycles. The molecule has 0 saturated carbocycles. The third-order valence-electron chi connectivity index (χ3n) is 5.94. The van der Waals surface area contributed by atoms with Gasteiger partial charge in [0.1, 0.15) is 17.9 Å². The number of methoxy groups -OCH3 is 1. The van der Waals surface area contributed by atoms with E-state index in [-0.39, 0.29) is 17.9 Å². The lowest BCUT2D eigenvalue weighted by atomic mass is 9.80. The van der Waals surface area contributed by atoms with Gasteiger partial charge in [-0.15, -0.1) is 0 Å². The number of carbonyl (C=O) groups is 2. The first kappa shape index (κ1) is 24.7. The molecular formula is C26H34N2O5. The summed E-state index contributed by atoms with van der Waals surface area (Å²) >= 11 is 0. The Morgan fingerprint density at radius 1 is 1.09 bits per heavy atom. The van der Waals surface area contributed by atoms with E-state index in [9.17, 15) is 9.59 Å². The van der Waals surface area contributed by atoms with E-state index in [2.05, 4.69) is 10.6 Å². The minimum absolute atomic E-state index is 0.0665. The van der Waals surface area contributed by atoms with Gasteiger partial charge in [0.05, 0.1) is 24.3 Å². The highest BCUT2D eigenvalue weighted by Gasteiger charge is 2.46. The van der Waals surface area contributed by atoms with Crippen molar-refractivity contribution in [2.45, 2.75) is 50.8 Å². The number of carbonyl (C=O) groups excluding carboxylic acids is 2. The average molecular weight is 455 g/mol. The molecule has 1 saturated heterocycles. The van der Waals surface area contributed by atoms with Crippen LogP contribution in [-0.4, -0.2) is 49.9 Å². The van der Waals surface area contributed by atoms with Gasteiger partial charge >= 0.3 is 5.97 Å². The molecule has 0 spiro atoms. The first-order valence-corrected chi connectivity index (χ1v) is 11.3. The van der Waals surface area contributed by atoms with Gasteiger partial charge in [-0.25, -0.2) is 4.79 Å². The topological polar surface area (TPSA) is 85.9 Å². The maximum atomic E-state index is 13.5. The monoisotopic (exact) mass is 454 g/mol. The van der Waals surface area contributed by atoms with Crippen molar-refractivity contribution < 1.29 is 23.8 Å². The van der Waals surface area contributed by atoms with E-state index < -0.39 is 11.1 Å². The molecule has 178 valence electrons. The summed E-state index contributed by atoms with van der Waals surface area (Å²) < 4.78 is 16.4. The Morgan fingerprint density at radius 2 is 1.79 bits per heavy atom. The van der Waals surface area contributed by atoms with E-state index in [0.717, 1.165) is 11.3 Å². The predicted molar refractivity (Wildman–Crippen MR) is 126 cm³/mol. The molecule has 1 fully saturated rings. The van der Waals surface area contributed by atoms with E-state index >= 15 is 0 Å². The van der Waals surface area contributed by atoms with Crippen LogP contribution in [0.2, 0.25) is 0 Å². The largest absolute Gasteiger partial charge is 0.492 e. The summed E-state index contributed by atoms with van der Waals surface area (Å²) in [5.74, 6) is 0.348. The highest BCUT2D eigenvalue weighted by molar-refractivity contribution is 5.89. The second-order valence-electron chi connectivity index (χ2n) is 9.01. The predicted octanol–water partition coefficient (Wildman–Crippen LogP) is 3.65. The Labute approximate surface area is 195 Å². The smallest absolute Gasteiger partial charge is 0.337 e.